The summed E-state index contributed by atoms with van der Waals surface area (Å²) in [7, 11) is 0. The summed E-state index contributed by atoms with van der Waals surface area (Å²) in [5.74, 6) is -0.620. The fourth-order valence-electron chi connectivity index (χ4n) is 0.0917. The summed E-state index contributed by atoms with van der Waals surface area (Å²) in [5, 5.41) is 0. The third kappa shape index (κ3) is 0.755. The lowest BCUT2D eigenvalue weighted by Crippen LogP contribution is -1.62. The van der Waals surface area contributed by atoms with Crippen molar-refractivity contribution in [2.24, 2.45) is 0 Å². The Morgan fingerprint density at radius 2 is 1.83 bits per heavy atom. The number of alkyl halides is 1. The lowest BCUT2D eigenvalue weighted by molar-refractivity contribution is 0.452. The third-order valence-corrected chi connectivity index (χ3v) is 0.460. The predicted molar refractivity (Wildman–Crippen MR) is 19.1 cm³/mol. The second kappa shape index (κ2) is 1.34. The highest BCUT2D eigenvalue weighted by molar-refractivity contribution is 5.23. The monoisotopic (exact) mass is 93.0 g/mol. The van der Waals surface area contributed by atoms with Gasteiger partial charge in [0.15, 0.2) is 6.17 Å². The molecule has 1 atom stereocenters. The van der Waals surface area contributed by atoms with Crippen LogP contribution in [0.3, 0.4) is 0 Å². The van der Waals surface area contributed by atoms with Crippen molar-refractivity contribution in [1.29, 1.82) is 0 Å². The number of hydrogen-bond donors (Lipinski definition) is 1. The van der Waals surface area contributed by atoms with E-state index in [2.05, 4.69) is 0 Å². The van der Waals surface area contributed by atoms with Crippen molar-refractivity contribution in [3.05, 3.63) is 11.9 Å². The van der Waals surface area contributed by atoms with E-state index in [1.807, 2.05) is 0 Å². The molecule has 0 aromatic rings. The van der Waals surface area contributed by atoms with Gasteiger partial charge in [-0.1, -0.05) is 0 Å². The highest BCUT2D eigenvalue weighted by Gasteiger charge is 2.22. The van der Waals surface area contributed by atoms with Crippen molar-refractivity contribution in [3.8, 4) is 0 Å². The first-order valence-electron chi connectivity index (χ1n) is 1.32. The van der Waals surface area contributed by atoms with E-state index in [-0.39, 0.29) is 6.15 Å². The number of halogens is 2. The molecule has 0 saturated carbocycles. The molecule has 0 aromatic heterocycles. The Bertz CT molecular complexity index is 78.9. The molecule has 3 heteroatoms. The highest BCUT2D eigenvalue weighted by atomic mass is 19.2. The Morgan fingerprint density at radius 1 is 1.67 bits per heavy atom. The van der Waals surface area contributed by atoms with Crippen LogP contribution in [0.2, 0.25) is 0 Å². The van der Waals surface area contributed by atoms with Crippen molar-refractivity contribution < 1.29 is 8.78 Å². The largest absolute Gasteiger partial charge is 0.344 e. The van der Waals surface area contributed by atoms with E-state index in [1.165, 1.54) is 0 Å². The molecule has 1 unspecified atom stereocenters. The van der Waals surface area contributed by atoms with E-state index in [4.69, 9.17) is 0 Å². The average molecular weight is 93.1 g/mol. The molecule has 36 valence electrons. The first-order valence-corrected chi connectivity index (χ1v) is 1.32. The topological polar surface area (TPSA) is 35.0 Å². The molecule has 1 aliphatic rings. The van der Waals surface area contributed by atoms with Crippen LogP contribution in [-0.2, 0) is 0 Å². The van der Waals surface area contributed by atoms with E-state index in [0.717, 1.165) is 6.08 Å². The lowest BCUT2D eigenvalue weighted by Gasteiger charge is -1.61. The second-order valence-electron chi connectivity index (χ2n) is 0.953. The van der Waals surface area contributed by atoms with E-state index in [0.29, 0.717) is 0 Å². The van der Waals surface area contributed by atoms with Crippen LogP contribution in [0, 0.1) is 0 Å². The van der Waals surface area contributed by atoms with Gasteiger partial charge in [0.05, 0.1) is 0 Å². The van der Waals surface area contributed by atoms with Crippen LogP contribution >= 0.6 is 0 Å². The Hall–Kier alpha value is -0.440. The van der Waals surface area contributed by atoms with E-state index < -0.39 is 12.0 Å². The van der Waals surface area contributed by atoms with Crippen LogP contribution < -0.4 is 6.15 Å². The Morgan fingerprint density at radius 3 is 1.83 bits per heavy atom. The molecule has 1 nitrogen and oxygen atoms in total. The van der Waals surface area contributed by atoms with Gasteiger partial charge in [0.1, 0.15) is 5.83 Å². The second-order valence-corrected chi connectivity index (χ2v) is 0.953. The molecule has 1 aliphatic carbocycles. The predicted octanol–water partition coefficient (Wildman–Crippen LogP) is 1.35. The molecular weight excluding hydrogens is 88.0 g/mol. The molecule has 0 saturated heterocycles. The van der Waals surface area contributed by atoms with Crippen LogP contribution in [0.25, 0.3) is 0 Å². The smallest absolute Gasteiger partial charge is 0.172 e. The molecule has 0 bridgehead atoms. The summed E-state index contributed by atoms with van der Waals surface area (Å²) < 4.78 is 22.0. The Kier molecular flexibility index (Phi) is 1.24. The zero-order valence-electron chi connectivity index (χ0n) is 3.12. The summed E-state index contributed by atoms with van der Waals surface area (Å²) in [5.41, 5.74) is 0. The molecule has 6 heavy (non-hydrogen) atoms. The maximum Gasteiger partial charge on any atom is 0.172 e. The highest BCUT2D eigenvalue weighted by Crippen LogP contribution is 2.23. The number of allylic oxidation sites excluding steroid dienone is 2. The van der Waals surface area contributed by atoms with E-state index in [9.17, 15) is 8.78 Å². The zero-order valence-corrected chi connectivity index (χ0v) is 3.12. The van der Waals surface area contributed by atoms with Gasteiger partial charge in [0.2, 0.25) is 0 Å². The van der Waals surface area contributed by atoms with Gasteiger partial charge in [0, 0.05) is 0 Å². The Labute approximate surface area is 34.2 Å². The molecule has 0 aliphatic heterocycles. The third-order valence-electron chi connectivity index (χ3n) is 0.460. The summed E-state index contributed by atoms with van der Waals surface area (Å²) in [4.78, 5) is 0. The molecule has 0 amide bonds. The average Bonchev–Trinajstić information content (AvgIpc) is 1.79. The molecule has 0 spiro atoms. The van der Waals surface area contributed by atoms with Gasteiger partial charge in [-0.2, -0.15) is 0 Å². The van der Waals surface area contributed by atoms with Gasteiger partial charge in [0.25, 0.3) is 0 Å². The van der Waals surface area contributed by atoms with Gasteiger partial charge < -0.3 is 6.15 Å². The number of rotatable bonds is 0. The van der Waals surface area contributed by atoms with Crippen molar-refractivity contribution >= 4 is 0 Å². The first kappa shape index (κ1) is 5.56. The fraction of sp³-hybridized carbons (Fsp3) is 0.333. The van der Waals surface area contributed by atoms with E-state index in [1.54, 1.807) is 0 Å². The number of hydrogen-bond acceptors (Lipinski definition) is 1. The van der Waals surface area contributed by atoms with Crippen molar-refractivity contribution in [2.45, 2.75) is 6.17 Å². The zero-order chi connectivity index (χ0) is 3.86. The Balaban J connectivity index is 0.000000250. The maximum atomic E-state index is 11.0. The normalized spacial score (nSPS) is 27.7. The lowest BCUT2D eigenvalue weighted by atomic mass is 10.8. The van der Waals surface area contributed by atoms with Gasteiger partial charge in [-0.15, -0.1) is 0 Å². The molecule has 0 aromatic carbocycles. The van der Waals surface area contributed by atoms with Crippen molar-refractivity contribution in [1.82, 2.24) is 6.15 Å². The molecule has 0 fully saturated rings. The van der Waals surface area contributed by atoms with Gasteiger partial charge in [-0.05, 0) is 6.08 Å². The van der Waals surface area contributed by atoms with Gasteiger partial charge >= 0.3 is 0 Å². The fourth-order valence-corrected chi connectivity index (χ4v) is 0.0917. The SMILES string of the molecule is FC1=CC1F.N. The van der Waals surface area contributed by atoms with E-state index >= 15 is 0 Å². The minimum Gasteiger partial charge on any atom is -0.344 e. The maximum absolute atomic E-state index is 11.0. The summed E-state index contributed by atoms with van der Waals surface area (Å²) in [6.45, 7) is 0. The molecular formula is C3H5F2N. The summed E-state index contributed by atoms with van der Waals surface area (Å²) in [6, 6.07) is 0. The quantitative estimate of drug-likeness (QED) is 0.482. The van der Waals surface area contributed by atoms with Crippen LogP contribution in [-0.4, -0.2) is 6.17 Å². The van der Waals surface area contributed by atoms with Crippen LogP contribution in [0.4, 0.5) is 8.78 Å². The van der Waals surface area contributed by atoms with Crippen LogP contribution in [0.5, 0.6) is 0 Å². The molecule has 1 rings (SSSR count). The first-order chi connectivity index (χ1) is 2.30. The van der Waals surface area contributed by atoms with Crippen LogP contribution in [0.1, 0.15) is 0 Å². The molecule has 3 N–H and O–H groups in total. The standard InChI is InChI=1S/C3H2F2.H3N/c4-2-1-3(2)5;/h1-2H;1H3. The van der Waals surface area contributed by atoms with Crippen molar-refractivity contribution in [3.63, 3.8) is 0 Å². The van der Waals surface area contributed by atoms with Gasteiger partial charge in [-0.3, -0.25) is 0 Å². The summed E-state index contributed by atoms with van der Waals surface area (Å²) in [6.07, 6.45) is -0.407. The van der Waals surface area contributed by atoms with Crippen molar-refractivity contribution in [2.75, 3.05) is 0 Å². The van der Waals surface area contributed by atoms with Gasteiger partial charge in [-0.25, -0.2) is 8.78 Å². The van der Waals surface area contributed by atoms with Crippen LogP contribution in [0.15, 0.2) is 11.9 Å². The molecule has 0 radical (unpaired) electrons. The summed E-state index contributed by atoms with van der Waals surface area (Å²) >= 11 is 0. The molecule has 0 heterocycles. The minimum absolute atomic E-state index is 0. The minimum atomic E-state index is -1.32.